The lowest BCUT2D eigenvalue weighted by Crippen LogP contribution is -2.19. The van der Waals surface area contributed by atoms with Crippen LogP contribution in [0.25, 0.3) is 0 Å². The van der Waals surface area contributed by atoms with Crippen molar-refractivity contribution in [1.82, 2.24) is 0 Å². The van der Waals surface area contributed by atoms with Gasteiger partial charge in [0.2, 0.25) is 0 Å². The summed E-state index contributed by atoms with van der Waals surface area (Å²) in [5, 5.41) is 8.57. The Hall–Kier alpha value is -1.38. The molecule has 0 unspecified atom stereocenters. The molecule has 0 aliphatic heterocycles. The van der Waals surface area contributed by atoms with Crippen LogP contribution in [0.1, 0.15) is 18.9 Å². The van der Waals surface area contributed by atoms with Crippen molar-refractivity contribution in [2.75, 3.05) is 13.2 Å². The topological polar surface area (TPSA) is 67.2 Å². The molecule has 1 fully saturated rings. The predicted molar refractivity (Wildman–Crippen MR) is 71.3 cm³/mol. The third-order valence-electron chi connectivity index (χ3n) is 3.52. The fourth-order valence-electron chi connectivity index (χ4n) is 2.16. The smallest absolute Gasteiger partial charge is 0.182 e. The predicted octanol–water partition coefficient (Wildman–Crippen LogP) is 2.09. The number of nitrogens with zero attached hydrogens (tertiary/aromatic N) is 1. The van der Waals surface area contributed by atoms with Gasteiger partial charge >= 0.3 is 0 Å². The minimum atomic E-state index is -3.44. The third-order valence-corrected chi connectivity index (χ3v) is 5.81. The second-order valence-corrected chi connectivity index (χ2v) is 7.09. The van der Waals surface area contributed by atoms with Crippen LogP contribution in [-0.4, -0.2) is 26.9 Å². The molecule has 0 amide bonds. The van der Waals surface area contributed by atoms with Gasteiger partial charge in [0.15, 0.2) is 9.84 Å². The average molecular weight is 279 g/mol. The van der Waals surface area contributed by atoms with E-state index in [0.717, 1.165) is 5.56 Å². The second kappa shape index (κ2) is 4.95. The van der Waals surface area contributed by atoms with Gasteiger partial charge in [0.25, 0.3) is 0 Å². The molecule has 0 heterocycles. The van der Waals surface area contributed by atoms with E-state index < -0.39 is 20.5 Å². The van der Waals surface area contributed by atoms with E-state index >= 15 is 0 Å². The van der Waals surface area contributed by atoms with E-state index in [9.17, 15) is 13.7 Å². The first-order chi connectivity index (χ1) is 8.96. The molecule has 1 aromatic rings. The molecule has 0 radical (unpaired) electrons. The summed E-state index contributed by atoms with van der Waals surface area (Å²) in [6.07, 6.45) is 0.361. The summed E-state index contributed by atoms with van der Waals surface area (Å²) >= 11 is 0. The van der Waals surface area contributed by atoms with E-state index in [1.807, 2.05) is 13.8 Å². The molecule has 5 heteroatoms. The van der Waals surface area contributed by atoms with Crippen LogP contribution < -0.4 is 0 Å². The average Bonchev–Trinajstić information content (AvgIpc) is 3.13. The lowest BCUT2D eigenvalue weighted by molar-refractivity contribution is 0.119. The van der Waals surface area contributed by atoms with Crippen LogP contribution in [0.4, 0.5) is 0 Å². The van der Waals surface area contributed by atoms with Crippen LogP contribution >= 0.6 is 0 Å². The summed E-state index contributed by atoms with van der Waals surface area (Å²) in [6.45, 7) is 4.41. The Morgan fingerprint density at radius 3 is 2.58 bits per heavy atom. The van der Waals surface area contributed by atoms with E-state index in [2.05, 4.69) is 6.07 Å². The molecule has 0 N–H and O–H groups in total. The minimum absolute atomic E-state index is 0.190. The lowest BCUT2D eigenvalue weighted by atomic mass is 10.1. The second-order valence-electron chi connectivity index (χ2n) is 4.96. The molecule has 0 spiro atoms. The van der Waals surface area contributed by atoms with Gasteiger partial charge in [-0.15, -0.1) is 0 Å². The molecule has 0 saturated heterocycles. The van der Waals surface area contributed by atoms with Crippen LogP contribution in [0.15, 0.2) is 29.2 Å². The van der Waals surface area contributed by atoms with Gasteiger partial charge in [0.05, 0.1) is 28.2 Å². The van der Waals surface area contributed by atoms with Gasteiger partial charge in [0, 0.05) is 6.61 Å². The van der Waals surface area contributed by atoms with E-state index in [0.29, 0.717) is 13.0 Å². The number of sulfone groups is 1. The number of ether oxygens (including phenoxy) is 1. The highest BCUT2D eigenvalue weighted by atomic mass is 32.2. The van der Waals surface area contributed by atoms with Crippen molar-refractivity contribution < 1.29 is 13.2 Å². The molecule has 4 nitrogen and oxygen atoms in total. The van der Waals surface area contributed by atoms with Crippen molar-refractivity contribution in [2.45, 2.75) is 30.4 Å². The van der Waals surface area contributed by atoms with Crippen molar-refractivity contribution in [1.29, 1.82) is 5.26 Å². The quantitative estimate of drug-likeness (QED) is 0.827. The molecule has 19 heavy (non-hydrogen) atoms. The van der Waals surface area contributed by atoms with Gasteiger partial charge in [-0.05, 0) is 32.4 Å². The highest BCUT2D eigenvalue weighted by Crippen LogP contribution is 2.52. The molecule has 0 aromatic heterocycles. The highest BCUT2D eigenvalue weighted by molar-refractivity contribution is 7.92. The standard InChI is InChI=1S/C14H17NO3S/c1-3-18-10-14(9-15)8-13(14)19(16,17)12-6-4-11(2)5-7-12/h4-7,13H,3,8,10H2,1-2H3/t13-,14-/m1/s1. The molecule has 2 rings (SSSR count). The van der Waals surface area contributed by atoms with Gasteiger partial charge < -0.3 is 4.74 Å². The fourth-order valence-corrected chi connectivity index (χ4v) is 4.23. The zero-order valence-electron chi connectivity index (χ0n) is 11.1. The molecular weight excluding hydrogens is 262 g/mol. The fraction of sp³-hybridized carbons (Fsp3) is 0.500. The Kier molecular flexibility index (Phi) is 3.66. The summed E-state index contributed by atoms with van der Waals surface area (Å²) < 4.78 is 30.1. The van der Waals surface area contributed by atoms with E-state index in [1.165, 1.54) is 0 Å². The number of hydrogen-bond donors (Lipinski definition) is 0. The molecule has 0 bridgehead atoms. The van der Waals surface area contributed by atoms with Crippen LogP contribution in [0, 0.1) is 23.7 Å². The SMILES string of the molecule is CCOC[C@]1(C#N)C[C@H]1S(=O)(=O)c1ccc(C)cc1. The van der Waals surface area contributed by atoms with Crippen LogP contribution in [0.5, 0.6) is 0 Å². The third kappa shape index (κ3) is 2.51. The van der Waals surface area contributed by atoms with Gasteiger partial charge in [-0.1, -0.05) is 17.7 Å². The van der Waals surface area contributed by atoms with Gasteiger partial charge in [-0.3, -0.25) is 0 Å². The summed E-state index contributed by atoms with van der Waals surface area (Å²) in [5.74, 6) is 0. The number of hydrogen-bond acceptors (Lipinski definition) is 4. The zero-order valence-corrected chi connectivity index (χ0v) is 11.9. The summed E-state index contributed by atoms with van der Waals surface area (Å²) in [4.78, 5) is 0.289. The largest absolute Gasteiger partial charge is 0.380 e. The van der Waals surface area contributed by atoms with Crippen molar-refractivity contribution in [3.63, 3.8) is 0 Å². The van der Waals surface area contributed by atoms with Gasteiger partial charge in [0.1, 0.15) is 0 Å². The number of aryl methyl sites for hydroxylation is 1. The first kappa shape index (κ1) is 14.0. The van der Waals surface area contributed by atoms with Crippen molar-refractivity contribution in [2.24, 2.45) is 5.41 Å². The number of benzene rings is 1. The molecule has 1 saturated carbocycles. The molecule has 2 atom stereocenters. The maximum atomic E-state index is 12.4. The Morgan fingerprint density at radius 2 is 2.05 bits per heavy atom. The zero-order chi connectivity index (χ0) is 14.1. The van der Waals surface area contributed by atoms with Gasteiger partial charge in [-0.2, -0.15) is 5.26 Å². The monoisotopic (exact) mass is 279 g/mol. The van der Waals surface area contributed by atoms with Crippen molar-refractivity contribution in [3.05, 3.63) is 29.8 Å². The Morgan fingerprint density at radius 1 is 1.42 bits per heavy atom. The Labute approximate surface area is 113 Å². The number of nitriles is 1. The molecule has 1 aromatic carbocycles. The normalized spacial score (nSPS) is 25.8. The Balaban J connectivity index is 2.23. The number of rotatable bonds is 5. The molecular formula is C14H17NO3S. The van der Waals surface area contributed by atoms with E-state index in [-0.39, 0.29) is 11.5 Å². The van der Waals surface area contributed by atoms with E-state index in [4.69, 9.17) is 4.74 Å². The first-order valence-electron chi connectivity index (χ1n) is 6.26. The molecule has 1 aliphatic carbocycles. The van der Waals surface area contributed by atoms with Crippen LogP contribution in [-0.2, 0) is 14.6 Å². The molecule has 1 aliphatic rings. The summed E-state index contributed by atoms with van der Waals surface area (Å²) in [6, 6.07) is 8.87. The van der Waals surface area contributed by atoms with Crippen LogP contribution in [0.2, 0.25) is 0 Å². The highest BCUT2D eigenvalue weighted by Gasteiger charge is 2.62. The van der Waals surface area contributed by atoms with Crippen molar-refractivity contribution in [3.8, 4) is 6.07 Å². The summed E-state index contributed by atoms with van der Waals surface area (Å²) in [7, 11) is -3.44. The molecule has 102 valence electrons. The maximum Gasteiger partial charge on any atom is 0.182 e. The van der Waals surface area contributed by atoms with Gasteiger partial charge in [-0.25, -0.2) is 8.42 Å². The Bertz CT molecular complexity index is 601. The lowest BCUT2D eigenvalue weighted by Gasteiger charge is -2.09. The minimum Gasteiger partial charge on any atom is -0.380 e. The van der Waals surface area contributed by atoms with Crippen molar-refractivity contribution >= 4 is 9.84 Å². The first-order valence-corrected chi connectivity index (χ1v) is 7.80. The van der Waals surface area contributed by atoms with Crippen LogP contribution in [0.3, 0.4) is 0 Å². The maximum absolute atomic E-state index is 12.4. The van der Waals surface area contributed by atoms with E-state index in [1.54, 1.807) is 24.3 Å². The summed E-state index contributed by atoms with van der Waals surface area (Å²) in [5.41, 5.74) is 0.148.